The molecule has 34 heavy (non-hydrogen) atoms. The quantitative estimate of drug-likeness (QED) is 0.491. The van der Waals surface area contributed by atoms with Crippen molar-refractivity contribution < 1.29 is 29.0 Å². The number of aliphatic carboxylic acids is 1. The zero-order valence-electron chi connectivity index (χ0n) is 19.9. The van der Waals surface area contributed by atoms with Crippen LogP contribution in [0.3, 0.4) is 0 Å². The maximum atomic E-state index is 12.9. The first-order chi connectivity index (χ1) is 16.3. The molecule has 3 rings (SSSR count). The van der Waals surface area contributed by atoms with Crippen molar-refractivity contribution in [2.45, 2.75) is 51.3 Å². The van der Waals surface area contributed by atoms with Gasteiger partial charge in [0.1, 0.15) is 12.6 Å². The number of benzene rings is 2. The van der Waals surface area contributed by atoms with Crippen LogP contribution in [-0.4, -0.2) is 55.0 Å². The van der Waals surface area contributed by atoms with Gasteiger partial charge in [-0.3, -0.25) is 4.79 Å². The van der Waals surface area contributed by atoms with Gasteiger partial charge < -0.3 is 25.2 Å². The van der Waals surface area contributed by atoms with E-state index in [0.29, 0.717) is 6.42 Å². The average molecular weight is 469 g/mol. The SMILES string of the molecule is CCC(C)[C@H](NC(=O)OCC1c2ccccc2-c2ccccc21)C(=O)N[C@H](C(=O)O)[C@@H](C)OC. The van der Waals surface area contributed by atoms with E-state index in [2.05, 4.69) is 22.8 Å². The number of alkyl carbamates (subject to hydrolysis) is 1. The molecule has 4 atom stereocenters. The summed E-state index contributed by atoms with van der Waals surface area (Å²) in [7, 11) is 1.37. The minimum Gasteiger partial charge on any atom is -0.480 e. The zero-order chi connectivity index (χ0) is 24.8. The number of carbonyl (C=O) groups excluding carboxylic acids is 2. The summed E-state index contributed by atoms with van der Waals surface area (Å²) >= 11 is 0. The molecular formula is C26H32N2O6. The normalized spacial score (nSPS) is 15.9. The Balaban J connectivity index is 1.69. The molecular weight excluding hydrogens is 436 g/mol. The molecule has 0 aromatic heterocycles. The van der Waals surface area contributed by atoms with Crippen LogP contribution in [0.25, 0.3) is 11.1 Å². The van der Waals surface area contributed by atoms with Gasteiger partial charge in [0.2, 0.25) is 5.91 Å². The summed E-state index contributed by atoms with van der Waals surface area (Å²) < 4.78 is 10.6. The van der Waals surface area contributed by atoms with Crippen molar-refractivity contribution in [3.05, 3.63) is 59.7 Å². The van der Waals surface area contributed by atoms with E-state index in [1.807, 2.05) is 50.2 Å². The van der Waals surface area contributed by atoms with Gasteiger partial charge in [-0.15, -0.1) is 0 Å². The Morgan fingerprint density at radius 2 is 1.50 bits per heavy atom. The van der Waals surface area contributed by atoms with Crippen LogP contribution in [0.1, 0.15) is 44.2 Å². The van der Waals surface area contributed by atoms with E-state index in [1.54, 1.807) is 6.92 Å². The third kappa shape index (κ3) is 5.39. The summed E-state index contributed by atoms with van der Waals surface area (Å²) in [6, 6.07) is 13.8. The van der Waals surface area contributed by atoms with E-state index in [9.17, 15) is 19.5 Å². The number of hydrogen-bond donors (Lipinski definition) is 3. The van der Waals surface area contributed by atoms with Gasteiger partial charge in [0.05, 0.1) is 6.10 Å². The lowest BCUT2D eigenvalue weighted by Crippen LogP contribution is -2.56. The second-order valence-electron chi connectivity index (χ2n) is 8.60. The maximum Gasteiger partial charge on any atom is 0.407 e. The Labute approximate surface area is 199 Å². The first-order valence-electron chi connectivity index (χ1n) is 11.5. The molecule has 0 saturated heterocycles. The molecule has 3 N–H and O–H groups in total. The summed E-state index contributed by atoms with van der Waals surface area (Å²) in [5, 5.41) is 14.6. The number of hydrogen-bond acceptors (Lipinski definition) is 5. The van der Waals surface area contributed by atoms with Crippen molar-refractivity contribution >= 4 is 18.0 Å². The number of carbonyl (C=O) groups is 3. The first-order valence-corrected chi connectivity index (χ1v) is 11.5. The number of amides is 2. The molecule has 0 saturated carbocycles. The highest BCUT2D eigenvalue weighted by atomic mass is 16.5. The molecule has 0 heterocycles. The molecule has 2 aromatic rings. The number of rotatable bonds is 10. The summed E-state index contributed by atoms with van der Waals surface area (Å²) in [4.78, 5) is 37.2. The van der Waals surface area contributed by atoms with Crippen molar-refractivity contribution in [3.8, 4) is 11.1 Å². The zero-order valence-corrected chi connectivity index (χ0v) is 19.9. The Bertz CT molecular complexity index is 994. The van der Waals surface area contributed by atoms with Crippen LogP contribution in [0.15, 0.2) is 48.5 Å². The third-order valence-corrected chi connectivity index (χ3v) is 6.52. The predicted octanol–water partition coefficient (Wildman–Crippen LogP) is 3.54. The van der Waals surface area contributed by atoms with E-state index in [1.165, 1.54) is 7.11 Å². The van der Waals surface area contributed by atoms with Crippen LogP contribution in [0, 0.1) is 5.92 Å². The Morgan fingerprint density at radius 1 is 0.941 bits per heavy atom. The standard InChI is InChI=1S/C26H32N2O6/c1-5-15(2)22(24(29)27-23(25(30)31)16(3)33-4)28-26(32)34-14-21-19-12-8-6-10-17(19)18-11-7-9-13-20(18)21/h6-13,15-16,21-23H,5,14H2,1-4H3,(H,27,29)(H,28,32)(H,30,31)/t15?,16-,22+,23+/m1/s1. The van der Waals surface area contributed by atoms with E-state index < -0.39 is 36.2 Å². The fourth-order valence-electron chi connectivity index (χ4n) is 4.23. The largest absolute Gasteiger partial charge is 0.480 e. The molecule has 0 bridgehead atoms. The Kier molecular flexibility index (Phi) is 8.28. The fourth-order valence-corrected chi connectivity index (χ4v) is 4.23. The topological polar surface area (TPSA) is 114 Å². The summed E-state index contributed by atoms with van der Waals surface area (Å²) in [5.41, 5.74) is 4.42. The molecule has 1 aliphatic carbocycles. The second kappa shape index (κ2) is 11.2. The Hall–Kier alpha value is -3.39. The van der Waals surface area contributed by atoms with Crippen molar-refractivity contribution in [2.75, 3.05) is 13.7 Å². The highest BCUT2D eigenvalue weighted by Crippen LogP contribution is 2.44. The number of carboxylic acid groups (broad SMARTS) is 1. The van der Waals surface area contributed by atoms with Crippen LogP contribution in [-0.2, 0) is 19.1 Å². The van der Waals surface area contributed by atoms with E-state index in [-0.39, 0.29) is 18.4 Å². The molecule has 2 amide bonds. The number of nitrogens with one attached hydrogen (secondary N) is 2. The van der Waals surface area contributed by atoms with Crippen LogP contribution < -0.4 is 10.6 Å². The van der Waals surface area contributed by atoms with Crippen molar-refractivity contribution in [3.63, 3.8) is 0 Å². The molecule has 1 unspecified atom stereocenters. The van der Waals surface area contributed by atoms with Gasteiger partial charge in [-0.1, -0.05) is 68.8 Å². The minimum absolute atomic E-state index is 0.104. The second-order valence-corrected chi connectivity index (χ2v) is 8.60. The summed E-state index contributed by atoms with van der Waals surface area (Å²) in [5.74, 6) is -2.16. The van der Waals surface area contributed by atoms with Crippen LogP contribution in [0.4, 0.5) is 4.79 Å². The molecule has 0 radical (unpaired) electrons. The summed E-state index contributed by atoms with van der Waals surface area (Å²) in [6.07, 6.45) is -0.873. The summed E-state index contributed by atoms with van der Waals surface area (Å²) in [6.45, 7) is 5.36. The first kappa shape index (κ1) is 25.2. The van der Waals surface area contributed by atoms with Gasteiger partial charge in [0.25, 0.3) is 0 Å². The maximum absolute atomic E-state index is 12.9. The monoisotopic (exact) mass is 468 g/mol. The van der Waals surface area contributed by atoms with E-state index >= 15 is 0 Å². The fraction of sp³-hybridized carbons (Fsp3) is 0.423. The van der Waals surface area contributed by atoms with Crippen LogP contribution >= 0.6 is 0 Å². The third-order valence-electron chi connectivity index (χ3n) is 6.52. The lowest BCUT2D eigenvalue weighted by Gasteiger charge is -2.27. The number of ether oxygens (including phenoxy) is 2. The molecule has 182 valence electrons. The van der Waals surface area contributed by atoms with Crippen molar-refractivity contribution in [1.29, 1.82) is 0 Å². The smallest absolute Gasteiger partial charge is 0.407 e. The molecule has 8 heteroatoms. The molecule has 2 aromatic carbocycles. The lowest BCUT2D eigenvalue weighted by molar-refractivity contribution is -0.146. The highest BCUT2D eigenvalue weighted by molar-refractivity contribution is 5.89. The predicted molar refractivity (Wildman–Crippen MR) is 127 cm³/mol. The molecule has 0 fully saturated rings. The van der Waals surface area contributed by atoms with Gasteiger partial charge in [-0.2, -0.15) is 0 Å². The van der Waals surface area contributed by atoms with Gasteiger partial charge in [0, 0.05) is 13.0 Å². The van der Waals surface area contributed by atoms with Crippen LogP contribution in [0.5, 0.6) is 0 Å². The Morgan fingerprint density at radius 3 is 2.00 bits per heavy atom. The highest BCUT2D eigenvalue weighted by Gasteiger charge is 2.34. The molecule has 1 aliphatic rings. The molecule has 0 aliphatic heterocycles. The lowest BCUT2D eigenvalue weighted by atomic mass is 9.97. The molecule has 8 nitrogen and oxygen atoms in total. The van der Waals surface area contributed by atoms with Gasteiger partial charge in [-0.25, -0.2) is 9.59 Å². The van der Waals surface area contributed by atoms with Crippen molar-refractivity contribution in [2.24, 2.45) is 5.92 Å². The van der Waals surface area contributed by atoms with E-state index in [0.717, 1.165) is 22.3 Å². The van der Waals surface area contributed by atoms with Crippen molar-refractivity contribution in [1.82, 2.24) is 10.6 Å². The van der Waals surface area contributed by atoms with Gasteiger partial charge >= 0.3 is 12.1 Å². The number of methoxy groups -OCH3 is 1. The number of carboxylic acids is 1. The molecule has 0 spiro atoms. The average Bonchev–Trinajstić information content (AvgIpc) is 3.17. The van der Waals surface area contributed by atoms with E-state index in [4.69, 9.17) is 9.47 Å². The van der Waals surface area contributed by atoms with Gasteiger partial charge in [0.15, 0.2) is 6.04 Å². The van der Waals surface area contributed by atoms with Gasteiger partial charge in [-0.05, 0) is 35.1 Å². The van der Waals surface area contributed by atoms with Crippen LogP contribution in [0.2, 0.25) is 0 Å². The minimum atomic E-state index is -1.24. The number of fused-ring (bicyclic) bond motifs is 3.